The summed E-state index contributed by atoms with van der Waals surface area (Å²) in [5.74, 6) is -5.00. The zero-order valence-corrected chi connectivity index (χ0v) is 13.9. The number of carbonyl (C=O) groups excluding carboxylic acids is 1. The number of hydrogen-bond donors (Lipinski definition) is 3. The number of nitrogens with one attached hydrogen (secondary N) is 1. The average Bonchev–Trinajstić information content (AvgIpc) is 3.23. The summed E-state index contributed by atoms with van der Waals surface area (Å²) in [7, 11) is 0. The van der Waals surface area contributed by atoms with Crippen LogP contribution in [-0.2, 0) is 9.59 Å². The Morgan fingerprint density at radius 2 is 1.88 bits per heavy atom. The second-order valence-electron chi connectivity index (χ2n) is 6.47. The monoisotopic (exact) mass is 333 g/mol. The van der Waals surface area contributed by atoms with Gasteiger partial charge in [0, 0.05) is 17.3 Å². The smallest absolute Gasteiger partial charge is 0.325 e. The molecule has 6 heteroatoms. The molecule has 6 nitrogen and oxygen atoms in total. The number of aliphatic carboxylic acids is 2. The van der Waals surface area contributed by atoms with Gasteiger partial charge in [0.25, 0.3) is 0 Å². The summed E-state index contributed by atoms with van der Waals surface area (Å²) in [6.07, 6.45) is 3.23. The predicted molar refractivity (Wildman–Crippen MR) is 89.1 cm³/mol. The lowest BCUT2D eigenvalue weighted by atomic mass is 9.97. The Kier molecular flexibility index (Phi) is 5.59. The lowest BCUT2D eigenvalue weighted by molar-refractivity contribution is -0.151. The average molecular weight is 333 g/mol. The van der Waals surface area contributed by atoms with Crippen molar-refractivity contribution in [3.63, 3.8) is 0 Å². The highest BCUT2D eigenvalue weighted by Gasteiger charge is 2.39. The molecule has 0 saturated heterocycles. The van der Waals surface area contributed by atoms with Gasteiger partial charge in [0.1, 0.15) is 0 Å². The molecule has 0 amide bonds. The molecule has 0 aliphatic heterocycles. The van der Waals surface area contributed by atoms with Crippen molar-refractivity contribution in [2.75, 3.05) is 5.32 Å². The Morgan fingerprint density at radius 1 is 1.25 bits per heavy atom. The fourth-order valence-electron chi connectivity index (χ4n) is 3.09. The first-order valence-corrected chi connectivity index (χ1v) is 8.21. The van der Waals surface area contributed by atoms with Crippen molar-refractivity contribution >= 4 is 23.4 Å². The van der Waals surface area contributed by atoms with Gasteiger partial charge in [-0.3, -0.25) is 14.4 Å². The van der Waals surface area contributed by atoms with Gasteiger partial charge < -0.3 is 15.5 Å². The predicted octanol–water partition coefficient (Wildman–Crippen LogP) is 2.89. The molecule has 2 rings (SSSR count). The van der Waals surface area contributed by atoms with Crippen molar-refractivity contribution in [1.29, 1.82) is 0 Å². The third-order valence-corrected chi connectivity index (χ3v) is 4.54. The fraction of sp³-hybridized carbons (Fsp3) is 0.500. The van der Waals surface area contributed by atoms with E-state index in [-0.39, 0.29) is 5.56 Å². The van der Waals surface area contributed by atoms with E-state index in [1.165, 1.54) is 18.6 Å². The lowest BCUT2D eigenvalue weighted by Gasteiger charge is -2.20. The molecule has 0 spiro atoms. The third-order valence-electron chi connectivity index (χ3n) is 4.54. The van der Waals surface area contributed by atoms with Crippen LogP contribution < -0.4 is 5.32 Å². The van der Waals surface area contributed by atoms with E-state index < -0.39 is 23.6 Å². The van der Waals surface area contributed by atoms with Crippen LogP contribution in [0.25, 0.3) is 0 Å². The van der Waals surface area contributed by atoms with Gasteiger partial charge in [0.2, 0.25) is 5.92 Å². The van der Waals surface area contributed by atoms with Crippen LogP contribution in [0.4, 0.5) is 5.69 Å². The van der Waals surface area contributed by atoms with Gasteiger partial charge in [-0.15, -0.1) is 0 Å². The standard InChI is InChI=1S/C18H23NO5/c1-3-5-14(13-8-10(13)2)19-12-7-4-6-11(9-12)16(20)15(17(21)22)18(23)24/h4,6-7,9-10,13-15,19H,3,5,8H2,1-2H3,(H,21,22)(H,23,24). The summed E-state index contributed by atoms with van der Waals surface area (Å²) >= 11 is 0. The first-order chi connectivity index (χ1) is 11.3. The Bertz CT molecular complexity index is 628. The summed E-state index contributed by atoms with van der Waals surface area (Å²) in [6, 6.07) is 6.74. The van der Waals surface area contributed by atoms with Crippen molar-refractivity contribution in [2.45, 2.75) is 39.2 Å². The van der Waals surface area contributed by atoms with E-state index in [4.69, 9.17) is 10.2 Å². The van der Waals surface area contributed by atoms with Gasteiger partial charge in [-0.1, -0.05) is 32.4 Å². The molecule has 0 bridgehead atoms. The van der Waals surface area contributed by atoms with Crippen LogP contribution in [0.3, 0.4) is 0 Å². The highest BCUT2D eigenvalue weighted by molar-refractivity contribution is 6.20. The van der Waals surface area contributed by atoms with Crippen molar-refractivity contribution in [3.8, 4) is 0 Å². The lowest BCUT2D eigenvalue weighted by Crippen LogP contribution is -2.31. The Labute approximate surface area is 140 Å². The van der Waals surface area contributed by atoms with Gasteiger partial charge >= 0.3 is 11.9 Å². The number of anilines is 1. The molecule has 130 valence electrons. The number of ketones is 1. The highest BCUT2D eigenvalue weighted by atomic mass is 16.4. The van der Waals surface area contributed by atoms with Crippen molar-refractivity contribution in [2.24, 2.45) is 17.8 Å². The summed E-state index contributed by atoms with van der Waals surface area (Å²) in [4.78, 5) is 34.2. The zero-order valence-electron chi connectivity index (χ0n) is 13.9. The largest absolute Gasteiger partial charge is 0.480 e. The topological polar surface area (TPSA) is 104 Å². The molecule has 0 radical (unpaired) electrons. The number of rotatable bonds is 9. The number of carboxylic acids is 2. The first kappa shape index (κ1) is 18.0. The van der Waals surface area contributed by atoms with Crippen LogP contribution in [0, 0.1) is 17.8 Å². The molecular weight excluding hydrogens is 310 g/mol. The van der Waals surface area contributed by atoms with Crippen LogP contribution >= 0.6 is 0 Å². The quantitative estimate of drug-likeness (QED) is 0.474. The molecule has 3 N–H and O–H groups in total. The number of Topliss-reactive ketones (excluding diaryl/α,β-unsaturated/α-hetero) is 1. The maximum absolute atomic E-state index is 12.2. The molecule has 24 heavy (non-hydrogen) atoms. The summed E-state index contributed by atoms with van der Waals surface area (Å²) in [5, 5.41) is 21.3. The molecule has 1 aliphatic rings. The molecule has 1 aliphatic carbocycles. The normalized spacial score (nSPS) is 20.5. The maximum atomic E-state index is 12.2. The molecule has 0 heterocycles. The van der Waals surface area contributed by atoms with E-state index in [2.05, 4.69) is 19.2 Å². The van der Waals surface area contributed by atoms with Gasteiger partial charge in [0.05, 0.1) is 0 Å². The Hall–Kier alpha value is -2.37. The van der Waals surface area contributed by atoms with E-state index in [1.807, 2.05) is 6.07 Å². The Morgan fingerprint density at radius 3 is 2.38 bits per heavy atom. The minimum absolute atomic E-state index is 0.0916. The van der Waals surface area contributed by atoms with E-state index in [0.29, 0.717) is 23.6 Å². The number of carboxylic acid groups (broad SMARTS) is 2. The third kappa shape index (κ3) is 4.13. The van der Waals surface area contributed by atoms with Gasteiger partial charge in [-0.2, -0.15) is 0 Å². The molecule has 3 atom stereocenters. The molecule has 1 aromatic rings. The molecule has 1 aromatic carbocycles. The molecule has 0 aromatic heterocycles. The Balaban J connectivity index is 2.17. The van der Waals surface area contributed by atoms with Crippen LogP contribution in [0.15, 0.2) is 24.3 Å². The van der Waals surface area contributed by atoms with E-state index >= 15 is 0 Å². The van der Waals surface area contributed by atoms with Crippen molar-refractivity contribution < 1.29 is 24.6 Å². The van der Waals surface area contributed by atoms with Gasteiger partial charge in [-0.25, -0.2) is 0 Å². The van der Waals surface area contributed by atoms with Gasteiger partial charge in [-0.05, 0) is 36.8 Å². The zero-order chi connectivity index (χ0) is 17.9. The number of hydrogen-bond acceptors (Lipinski definition) is 4. The fourth-order valence-corrected chi connectivity index (χ4v) is 3.09. The summed E-state index contributed by atoms with van der Waals surface area (Å²) < 4.78 is 0. The first-order valence-electron chi connectivity index (χ1n) is 8.21. The molecule has 1 saturated carbocycles. The summed E-state index contributed by atoms with van der Waals surface area (Å²) in [6.45, 7) is 4.32. The number of carbonyl (C=O) groups is 3. The van der Waals surface area contributed by atoms with E-state index in [1.54, 1.807) is 6.07 Å². The minimum atomic E-state index is -2.07. The van der Waals surface area contributed by atoms with Crippen LogP contribution in [0.1, 0.15) is 43.5 Å². The molecule has 1 fully saturated rings. The van der Waals surface area contributed by atoms with Crippen LogP contribution in [0.5, 0.6) is 0 Å². The molecule has 3 unspecified atom stereocenters. The second kappa shape index (κ2) is 7.47. The maximum Gasteiger partial charge on any atom is 0.325 e. The van der Waals surface area contributed by atoms with Crippen molar-refractivity contribution in [1.82, 2.24) is 0 Å². The summed E-state index contributed by atoms with van der Waals surface area (Å²) in [5.41, 5.74) is 0.807. The van der Waals surface area contributed by atoms with Gasteiger partial charge in [0.15, 0.2) is 5.78 Å². The van der Waals surface area contributed by atoms with E-state index in [9.17, 15) is 14.4 Å². The van der Waals surface area contributed by atoms with Crippen molar-refractivity contribution in [3.05, 3.63) is 29.8 Å². The number of benzene rings is 1. The highest BCUT2D eigenvalue weighted by Crippen LogP contribution is 2.43. The SMILES string of the molecule is CCCC(Nc1cccc(C(=O)C(C(=O)O)C(=O)O)c1)C1CC1C. The molecular formula is C18H23NO5. The van der Waals surface area contributed by atoms with E-state index in [0.717, 1.165) is 12.8 Å². The van der Waals surface area contributed by atoms with Crippen LogP contribution in [-0.4, -0.2) is 34.0 Å². The van der Waals surface area contributed by atoms with Crippen LogP contribution in [0.2, 0.25) is 0 Å². The minimum Gasteiger partial charge on any atom is -0.480 e. The second-order valence-corrected chi connectivity index (χ2v) is 6.47.